The lowest BCUT2D eigenvalue weighted by atomic mass is 9.92. The second kappa shape index (κ2) is 12.4. The van der Waals surface area contributed by atoms with Crippen molar-refractivity contribution in [1.82, 2.24) is 29.8 Å². The molecule has 2 fully saturated rings. The van der Waals surface area contributed by atoms with Gasteiger partial charge in [-0.3, -0.25) is 9.69 Å². The Kier molecular flexibility index (Phi) is 7.99. The summed E-state index contributed by atoms with van der Waals surface area (Å²) in [7, 11) is 0. The number of anilines is 2. The lowest BCUT2D eigenvalue weighted by Gasteiger charge is -2.35. The monoisotopic (exact) mass is 594 g/mol. The summed E-state index contributed by atoms with van der Waals surface area (Å²) in [6.07, 6.45) is 7.27. The Morgan fingerprint density at radius 3 is 2.70 bits per heavy atom. The van der Waals surface area contributed by atoms with Crippen LogP contribution in [-0.4, -0.2) is 76.1 Å². The molecule has 0 bridgehead atoms. The third-order valence-corrected chi connectivity index (χ3v) is 9.23. The summed E-state index contributed by atoms with van der Waals surface area (Å²) < 4.78 is 15.9. The highest BCUT2D eigenvalue weighted by Crippen LogP contribution is 2.36. The molecule has 0 spiro atoms. The molecule has 2 saturated heterocycles. The Morgan fingerprint density at radius 2 is 1.86 bits per heavy atom. The first-order chi connectivity index (χ1) is 21.5. The van der Waals surface area contributed by atoms with Crippen molar-refractivity contribution >= 4 is 23.1 Å². The number of allylic oxidation sites excluding steroid dienone is 2. The van der Waals surface area contributed by atoms with Gasteiger partial charge in [-0.1, -0.05) is 31.2 Å². The molecule has 4 aromatic rings. The highest BCUT2D eigenvalue weighted by atomic mass is 19.1. The second-order valence-electron chi connectivity index (χ2n) is 12.2. The van der Waals surface area contributed by atoms with Crippen molar-refractivity contribution in [2.24, 2.45) is 5.92 Å². The number of hydrogen-bond donors (Lipinski definition) is 1. The van der Waals surface area contributed by atoms with Crippen molar-refractivity contribution in [3.8, 4) is 11.4 Å². The van der Waals surface area contributed by atoms with Gasteiger partial charge in [-0.25, -0.2) is 18.9 Å². The Bertz CT molecular complexity index is 1680. The number of hydrogen-bond acceptors (Lipinski definition) is 8. The fourth-order valence-electron chi connectivity index (χ4n) is 6.71. The van der Waals surface area contributed by atoms with E-state index in [2.05, 4.69) is 43.2 Å². The standard InChI is InChI=1S/C34H39FN8O/c1-24-21-27(10-11-31(24)44)36-14-16-40-17-19-41(20-18-40)33-9-3-7-28(38-33)30-23-37-32-12-13-34(39-43(30)32)42-15-4-8-29(42)25-5-2-6-26(35)22-25/h2-3,5-7,9-10,12-13,22-24,29,36H,4,8,11,14-21H2,1H3/t24?,29-/m1/s1. The maximum Gasteiger partial charge on any atom is 0.154 e. The van der Waals surface area contributed by atoms with Gasteiger partial charge in [0.15, 0.2) is 5.65 Å². The molecule has 5 heterocycles. The van der Waals surface area contributed by atoms with Crippen LogP contribution < -0.4 is 15.1 Å². The summed E-state index contributed by atoms with van der Waals surface area (Å²) in [6.45, 7) is 8.54. The molecule has 0 saturated carbocycles. The van der Waals surface area contributed by atoms with E-state index in [1.54, 1.807) is 12.1 Å². The lowest BCUT2D eigenvalue weighted by Crippen LogP contribution is -2.48. The van der Waals surface area contributed by atoms with Crippen LogP contribution in [0, 0.1) is 11.7 Å². The molecule has 9 nitrogen and oxygen atoms in total. The minimum atomic E-state index is -0.207. The predicted octanol–water partition coefficient (Wildman–Crippen LogP) is 4.87. The summed E-state index contributed by atoms with van der Waals surface area (Å²) in [5, 5.41) is 8.56. The number of carbonyl (C=O) groups is 1. The number of halogens is 1. The van der Waals surface area contributed by atoms with Crippen molar-refractivity contribution in [1.29, 1.82) is 0 Å². The molecule has 2 aliphatic heterocycles. The third kappa shape index (κ3) is 5.91. The summed E-state index contributed by atoms with van der Waals surface area (Å²) in [4.78, 5) is 28.5. The van der Waals surface area contributed by atoms with Gasteiger partial charge >= 0.3 is 0 Å². The smallest absolute Gasteiger partial charge is 0.154 e. The van der Waals surface area contributed by atoms with Crippen LogP contribution in [0.25, 0.3) is 17.0 Å². The van der Waals surface area contributed by atoms with Crippen LogP contribution in [-0.2, 0) is 4.79 Å². The van der Waals surface area contributed by atoms with Crippen molar-refractivity contribution in [3.63, 3.8) is 0 Å². The topological polar surface area (TPSA) is 81.9 Å². The van der Waals surface area contributed by atoms with Crippen molar-refractivity contribution in [2.45, 2.75) is 38.6 Å². The van der Waals surface area contributed by atoms with E-state index in [9.17, 15) is 9.18 Å². The number of carbonyl (C=O) groups excluding carboxylic acids is 1. The second-order valence-corrected chi connectivity index (χ2v) is 12.2. The summed E-state index contributed by atoms with van der Waals surface area (Å²) in [5.41, 5.74) is 4.64. The molecule has 1 aromatic carbocycles. The quantitative estimate of drug-likeness (QED) is 0.310. The molecule has 7 rings (SSSR count). The van der Waals surface area contributed by atoms with Gasteiger partial charge in [-0.15, -0.1) is 5.10 Å². The van der Waals surface area contributed by atoms with Crippen molar-refractivity contribution in [3.05, 3.63) is 83.9 Å². The number of fused-ring (bicyclic) bond motifs is 1. The number of Topliss-reactive ketones (excluding diaryl/α,β-unsaturated/α-hetero) is 1. The molecule has 0 radical (unpaired) electrons. The van der Waals surface area contributed by atoms with Gasteiger partial charge in [0.25, 0.3) is 0 Å². The van der Waals surface area contributed by atoms with Crippen LogP contribution in [0.4, 0.5) is 16.0 Å². The first kappa shape index (κ1) is 28.5. The van der Waals surface area contributed by atoms with Crippen molar-refractivity contribution < 1.29 is 9.18 Å². The SMILES string of the molecule is CC1CC(NCCN2CCN(c3cccc(-c4cnc5ccc(N6CCC[C@@H]6c6cccc(F)c6)nn45)n3)CC2)=CCC1=O. The van der Waals surface area contributed by atoms with Gasteiger partial charge in [0.1, 0.15) is 28.9 Å². The average molecular weight is 595 g/mol. The molecular formula is C34H39FN8O. The fraction of sp³-hybridized carbons (Fsp3) is 0.412. The molecule has 0 amide bonds. The molecule has 1 unspecified atom stereocenters. The molecule has 228 valence electrons. The Hall–Kier alpha value is -4.31. The molecule has 44 heavy (non-hydrogen) atoms. The fourth-order valence-corrected chi connectivity index (χ4v) is 6.71. The van der Waals surface area contributed by atoms with Gasteiger partial charge in [0, 0.05) is 63.8 Å². The first-order valence-corrected chi connectivity index (χ1v) is 15.8. The largest absolute Gasteiger partial charge is 0.387 e. The number of ketones is 1. The van der Waals surface area contributed by atoms with Gasteiger partial charge in [0.2, 0.25) is 0 Å². The van der Waals surface area contributed by atoms with Crippen LogP contribution in [0.1, 0.15) is 44.2 Å². The number of nitrogens with zero attached hydrogens (tertiary/aromatic N) is 7. The van der Waals surface area contributed by atoms with Crippen LogP contribution in [0.5, 0.6) is 0 Å². The molecule has 3 aromatic heterocycles. The van der Waals surface area contributed by atoms with Gasteiger partial charge in [0.05, 0.1) is 17.9 Å². The minimum absolute atomic E-state index is 0.0947. The van der Waals surface area contributed by atoms with Gasteiger partial charge in [-0.2, -0.15) is 0 Å². The van der Waals surface area contributed by atoms with E-state index in [4.69, 9.17) is 10.1 Å². The van der Waals surface area contributed by atoms with E-state index in [0.717, 1.165) is 99.3 Å². The van der Waals surface area contributed by atoms with E-state index in [0.29, 0.717) is 12.2 Å². The van der Waals surface area contributed by atoms with Gasteiger partial charge < -0.3 is 15.1 Å². The molecule has 10 heteroatoms. The zero-order valence-corrected chi connectivity index (χ0v) is 25.2. The summed E-state index contributed by atoms with van der Waals surface area (Å²) in [6, 6.07) is 17.2. The highest BCUT2D eigenvalue weighted by molar-refractivity contribution is 5.83. The zero-order chi connectivity index (χ0) is 30.0. The average Bonchev–Trinajstić information content (AvgIpc) is 3.71. The van der Waals surface area contributed by atoms with E-state index in [1.165, 1.54) is 11.8 Å². The van der Waals surface area contributed by atoms with Gasteiger partial charge in [-0.05, 0) is 61.2 Å². The number of piperazine rings is 1. The van der Waals surface area contributed by atoms with Crippen LogP contribution >= 0.6 is 0 Å². The molecular weight excluding hydrogens is 555 g/mol. The molecule has 1 N–H and O–H groups in total. The Balaban J connectivity index is 1.02. The van der Waals surface area contributed by atoms with E-state index >= 15 is 0 Å². The summed E-state index contributed by atoms with van der Waals surface area (Å²) >= 11 is 0. The number of benzene rings is 1. The number of rotatable bonds is 8. The maximum atomic E-state index is 14.0. The lowest BCUT2D eigenvalue weighted by molar-refractivity contribution is -0.121. The van der Waals surface area contributed by atoms with E-state index < -0.39 is 0 Å². The van der Waals surface area contributed by atoms with Crippen LogP contribution in [0.3, 0.4) is 0 Å². The van der Waals surface area contributed by atoms with E-state index in [-0.39, 0.29) is 17.8 Å². The summed E-state index contributed by atoms with van der Waals surface area (Å²) in [5.74, 6) is 2.07. The zero-order valence-electron chi connectivity index (χ0n) is 25.2. The number of aromatic nitrogens is 4. The van der Waals surface area contributed by atoms with Crippen LogP contribution in [0.2, 0.25) is 0 Å². The maximum absolute atomic E-state index is 14.0. The third-order valence-electron chi connectivity index (χ3n) is 9.23. The molecule has 1 aliphatic carbocycles. The first-order valence-electron chi connectivity index (χ1n) is 15.8. The Morgan fingerprint density at radius 1 is 1.00 bits per heavy atom. The van der Waals surface area contributed by atoms with Crippen molar-refractivity contribution in [2.75, 3.05) is 55.6 Å². The molecule has 3 aliphatic rings. The highest BCUT2D eigenvalue weighted by Gasteiger charge is 2.28. The predicted molar refractivity (Wildman–Crippen MR) is 170 cm³/mol. The normalized spacial score (nSPS) is 21.2. The number of imidazole rings is 1. The van der Waals surface area contributed by atoms with E-state index in [1.807, 2.05) is 41.9 Å². The van der Waals surface area contributed by atoms with Crippen LogP contribution in [0.15, 0.2) is 72.6 Å². The number of pyridine rings is 1. The Labute approximate surface area is 257 Å². The number of nitrogens with one attached hydrogen (secondary N) is 1. The minimum Gasteiger partial charge on any atom is -0.387 e. The molecule has 2 atom stereocenters.